The molecule has 0 heterocycles. The van der Waals surface area contributed by atoms with E-state index in [0.717, 1.165) is 10.5 Å². The highest BCUT2D eigenvalue weighted by Gasteiger charge is 2.03. The molecule has 3 nitrogen and oxygen atoms in total. The van der Waals surface area contributed by atoms with Gasteiger partial charge in [0.05, 0.1) is 6.07 Å². The first-order chi connectivity index (χ1) is 6.65. The van der Waals surface area contributed by atoms with Crippen LogP contribution in [0.5, 0.6) is 0 Å². The van der Waals surface area contributed by atoms with Gasteiger partial charge in [-0.2, -0.15) is 5.26 Å². The van der Waals surface area contributed by atoms with Crippen molar-refractivity contribution in [3.63, 3.8) is 0 Å². The van der Waals surface area contributed by atoms with Crippen molar-refractivity contribution in [3.05, 3.63) is 35.9 Å². The maximum absolute atomic E-state index is 11.1. The molecule has 0 radical (unpaired) electrons. The van der Waals surface area contributed by atoms with Crippen LogP contribution in [0.4, 0.5) is 0 Å². The molecular weight excluding hydrogens is 196 g/mol. The third-order valence-electron chi connectivity index (χ3n) is 1.74. The van der Waals surface area contributed by atoms with Gasteiger partial charge in [-0.05, 0) is 41.0 Å². The van der Waals surface area contributed by atoms with Crippen LogP contribution in [0.25, 0.3) is 5.70 Å². The summed E-state index contributed by atoms with van der Waals surface area (Å²) in [5, 5.41) is 8.39. The zero-order valence-corrected chi connectivity index (χ0v) is 8.54. The molecule has 72 valence electrons. The van der Waals surface area contributed by atoms with Crippen molar-refractivity contribution in [1.29, 1.82) is 5.26 Å². The van der Waals surface area contributed by atoms with E-state index in [4.69, 9.17) is 11.0 Å². The van der Waals surface area contributed by atoms with Crippen molar-refractivity contribution in [2.45, 2.75) is 4.90 Å². The van der Waals surface area contributed by atoms with E-state index in [0.29, 0.717) is 5.70 Å². The van der Waals surface area contributed by atoms with Crippen molar-refractivity contribution >= 4 is 16.9 Å². The summed E-state index contributed by atoms with van der Waals surface area (Å²) >= 11 is -0.979. The molecule has 1 atom stereocenters. The third kappa shape index (κ3) is 2.52. The molecule has 1 aromatic carbocycles. The lowest BCUT2D eigenvalue weighted by atomic mass is 10.1. The van der Waals surface area contributed by atoms with Crippen LogP contribution in [0.3, 0.4) is 0 Å². The summed E-state index contributed by atoms with van der Waals surface area (Å²) in [5.74, 6) is 0. The Kier molecular flexibility index (Phi) is 3.57. The van der Waals surface area contributed by atoms with E-state index < -0.39 is 11.2 Å². The van der Waals surface area contributed by atoms with Gasteiger partial charge in [-0.15, -0.1) is 0 Å². The van der Waals surface area contributed by atoms with Crippen LogP contribution >= 0.6 is 0 Å². The van der Waals surface area contributed by atoms with Crippen molar-refractivity contribution in [2.75, 3.05) is 6.26 Å². The van der Waals surface area contributed by atoms with Crippen LogP contribution in [0.2, 0.25) is 0 Å². The predicted octanol–water partition coefficient (Wildman–Crippen LogP) is 1.25. The zero-order chi connectivity index (χ0) is 10.6. The minimum Gasteiger partial charge on any atom is -0.612 e. The van der Waals surface area contributed by atoms with E-state index in [2.05, 4.69) is 0 Å². The zero-order valence-electron chi connectivity index (χ0n) is 7.73. The number of hydrogen-bond donors (Lipinski definition) is 1. The molecule has 1 aromatic rings. The van der Waals surface area contributed by atoms with Crippen LogP contribution in [-0.2, 0) is 11.2 Å². The molecule has 0 aliphatic rings. The van der Waals surface area contributed by atoms with Crippen LogP contribution < -0.4 is 5.73 Å². The normalized spacial score (nSPS) is 13.4. The summed E-state index contributed by atoms with van der Waals surface area (Å²) in [6.07, 6.45) is 2.89. The lowest BCUT2D eigenvalue weighted by Gasteiger charge is -2.04. The molecule has 0 spiro atoms. The van der Waals surface area contributed by atoms with Gasteiger partial charge in [-0.25, -0.2) is 0 Å². The minimum atomic E-state index is -0.979. The molecule has 0 aliphatic carbocycles. The second kappa shape index (κ2) is 4.70. The molecule has 4 heteroatoms. The summed E-state index contributed by atoms with van der Waals surface area (Å²) in [7, 11) is 0. The second-order valence-electron chi connectivity index (χ2n) is 2.71. The molecular formula is C10H10N2OS. The van der Waals surface area contributed by atoms with E-state index in [1.807, 2.05) is 6.07 Å². The highest BCUT2D eigenvalue weighted by Crippen LogP contribution is 2.13. The van der Waals surface area contributed by atoms with E-state index in [9.17, 15) is 4.55 Å². The quantitative estimate of drug-likeness (QED) is 0.584. The predicted molar refractivity (Wildman–Crippen MR) is 56.6 cm³/mol. The third-order valence-corrected chi connectivity index (χ3v) is 2.68. The molecule has 0 fully saturated rings. The molecule has 14 heavy (non-hydrogen) atoms. The molecule has 1 rings (SSSR count). The van der Waals surface area contributed by atoms with Gasteiger partial charge < -0.3 is 10.3 Å². The average molecular weight is 206 g/mol. The number of rotatable bonds is 2. The van der Waals surface area contributed by atoms with Crippen LogP contribution in [-0.4, -0.2) is 10.8 Å². The fraction of sp³-hybridized carbons (Fsp3) is 0.100. The van der Waals surface area contributed by atoms with Gasteiger partial charge in [-0.3, -0.25) is 0 Å². The van der Waals surface area contributed by atoms with E-state index in [1.165, 1.54) is 6.08 Å². The van der Waals surface area contributed by atoms with E-state index >= 15 is 0 Å². The van der Waals surface area contributed by atoms with Crippen molar-refractivity contribution < 1.29 is 4.55 Å². The summed E-state index contributed by atoms with van der Waals surface area (Å²) in [4.78, 5) is 0.749. The smallest absolute Gasteiger partial charge is 0.152 e. The SMILES string of the molecule is C[S+]([O-])c1ccc(C(N)=CC#N)cc1. The van der Waals surface area contributed by atoms with Gasteiger partial charge in [0.1, 0.15) is 6.26 Å². The van der Waals surface area contributed by atoms with Crippen molar-refractivity contribution in [1.82, 2.24) is 0 Å². The molecule has 0 bridgehead atoms. The topological polar surface area (TPSA) is 72.9 Å². The molecule has 0 aromatic heterocycles. The Morgan fingerprint density at radius 3 is 2.50 bits per heavy atom. The monoisotopic (exact) mass is 206 g/mol. The van der Waals surface area contributed by atoms with Crippen LogP contribution in [0.1, 0.15) is 5.56 Å². The lowest BCUT2D eigenvalue weighted by molar-refractivity contribution is 0.601. The van der Waals surface area contributed by atoms with Gasteiger partial charge >= 0.3 is 0 Å². The first-order valence-corrected chi connectivity index (χ1v) is 5.50. The van der Waals surface area contributed by atoms with Crippen LogP contribution in [0.15, 0.2) is 35.2 Å². The number of nitriles is 1. The number of allylic oxidation sites excluding steroid dienone is 1. The first kappa shape index (κ1) is 10.6. The molecule has 0 aliphatic heterocycles. The summed E-state index contributed by atoms with van der Waals surface area (Å²) in [6, 6.07) is 8.84. The first-order valence-electron chi connectivity index (χ1n) is 3.94. The maximum atomic E-state index is 11.1. The van der Waals surface area contributed by atoms with Crippen LogP contribution in [0, 0.1) is 11.3 Å². The minimum absolute atomic E-state index is 0.418. The summed E-state index contributed by atoms with van der Waals surface area (Å²) < 4.78 is 11.1. The van der Waals surface area contributed by atoms with Gasteiger partial charge in [0.25, 0.3) is 0 Å². The Bertz CT molecular complexity index is 376. The number of hydrogen-bond acceptors (Lipinski definition) is 3. The number of benzene rings is 1. The Morgan fingerprint density at radius 1 is 1.50 bits per heavy atom. The highest BCUT2D eigenvalue weighted by atomic mass is 32.2. The fourth-order valence-corrected chi connectivity index (χ4v) is 1.51. The van der Waals surface area contributed by atoms with Gasteiger partial charge in [0, 0.05) is 11.8 Å². The van der Waals surface area contributed by atoms with Gasteiger partial charge in [0.15, 0.2) is 4.90 Å². The molecule has 1 unspecified atom stereocenters. The number of nitrogens with zero attached hydrogens (tertiary/aromatic N) is 1. The summed E-state index contributed by atoms with van der Waals surface area (Å²) in [6.45, 7) is 0. The fourth-order valence-electron chi connectivity index (χ4n) is 0.992. The molecule has 0 saturated carbocycles. The Balaban J connectivity index is 2.95. The Labute approximate surface area is 86.0 Å². The second-order valence-corrected chi connectivity index (χ2v) is 4.09. The Morgan fingerprint density at radius 2 is 2.07 bits per heavy atom. The van der Waals surface area contributed by atoms with Gasteiger partial charge in [-0.1, -0.05) is 0 Å². The molecule has 2 N–H and O–H groups in total. The van der Waals surface area contributed by atoms with Gasteiger partial charge in [0.2, 0.25) is 0 Å². The van der Waals surface area contributed by atoms with E-state index in [1.54, 1.807) is 30.5 Å². The lowest BCUT2D eigenvalue weighted by Crippen LogP contribution is -1.99. The van der Waals surface area contributed by atoms with Crippen molar-refractivity contribution in [2.24, 2.45) is 5.73 Å². The highest BCUT2D eigenvalue weighted by molar-refractivity contribution is 7.90. The Hall–Kier alpha value is -1.44. The standard InChI is InChI=1S/C10H10N2OS/c1-14(13)9-4-2-8(3-5-9)10(12)6-7-11/h2-6H,12H2,1H3. The average Bonchev–Trinajstić information content (AvgIpc) is 2.18. The number of nitrogens with two attached hydrogens (primary N) is 1. The molecule has 0 saturated heterocycles. The van der Waals surface area contributed by atoms with E-state index in [-0.39, 0.29) is 0 Å². The van der Waals surface area contributed by atoms with Crippen molar-refractivity contribution in [3.8, 4) is 6.07 Å². The summed E-state index contributed by atoms with van der Waals surface area (Å²) in [5.41, 5.74) is 6.78. The molecule has 0 amide bonds. The largest absolute Gasteiger partial charge is 0.612 e. The maximum Gasteiger partial charge on any atom is 0.152 e.